The quantitative estimate of drug-likeness (QED) is 0.796. The van der Waals surface area contributed by atoms with E-state index in [0.29, 0.717) is 12.2 Å². The van der Waals surface area contributed by atoms with E-state index in [9.17, 15) is 0 Å². The highest BCUT2D eigenvalue weighted by molar-refractivity contribution is 9.08. The lowest BCUT2D eigenvalue weighted by Gasteiger charge is -2.32. The predicted octanol–water partition coefficient (Wildman–Crippen LogP) is 2.60. The van der Waals surface area contributed by atoms with Crippen molar-refractivity contribution in [3.8, 4) is 0 Å². The van der Waals surface area contributed by atoms with Crippen LogP contribution in [-0.2, 0) is 10.1 Å². The molecule has 19 heavy (non-hydrogen) atoms. The van der Waals surface area contributed by atoms with Gasteiger partial charge in [0.05, 0.1) is 17.9 Å². The van der Waals surface area contributed by atoms with E-state index in [4.69, 9.17) is 9.72 Å². The molecule has 0 radical (unpaired) electrons. The zero-order valence-corrected chi connectivity index (χ0v) is 12.2. The normalized spacial score (nSPS) is 26.3. The van der Waals surface area contributed by atoms with Crippen molar-refractivity contribution in [2.45, 2.75) is 30.4 Å². The lowest BCUT2D eigenvalue weighted by atomic mass is 10.2. The maximum absolute atomic E-state index is 5.91. The van der Waals surface area contributed by atoms with Gasteiger partial charge in [0.1, 0.15) is 5.65 Å². The molecule has 100 valence electrons. The summed E-state index contributed by atoms with van der Waals surface area (Å²) in [5.74, 6) is 1.11. The Morgan fingerprint density at radius 3 is 2.79 bits per heavy atom. The number of hydrogen-bond acceptors (Lipinski definition) is 3. The monoisotopic (exact) mass is 321 g/mol. The van der Waals surface area contributed by atoms with Crippen LogP contribution in [0, 0.1) is 0 Å². The maximum Gasteiger partial charge on any atom is 0.152 e. The third-order valence-electron chi connectivity index (χ3n) is 4.08. The number of morpholine rings is 1. The van der Waals surface area contributed by atoms with Crippen molar-refractivity contribution in [2.75, 3.05) is 18.0 Å². The summed E-state index contributed by atoms with van der Waals surface area (Å²) in [5, 5.41) is 0.820. The molecule has 2 unspecified atom stereocenters. The van der Waals surface area contributed by atoms with E-state index in [0.717, 1.165) is 29.9 Å². The predicted molar refractivity (Wildman–Crippen MR) is 77.9 cm³/mol. The van der Waals surface area contributed by atoms with Gasteiger partial charge in [0.15, 0.2) is 5.82 Å². The fraction of sp³-hybridized carbons (Fsp3) is 0.500. The second kappa shape index (κ2) is 4.49. The molecule has 0 spiro atoms. The number of imidazole rings is 1. The van der Waals surface area contributed by atoms with E-state index in [1.165, 1.54) is 18.5 Å². The van der Waals surface area contributed by atoms with Gasteiger partial charge in [-0.3, -0.25) is 0 Å². The second-order valence-electron chi connectivity index (χ2n) is 5.31. The molecule has 0 saturated carbocycles. The average Bonchev–Trinajstić information content (AvgIpc) is 2.98. The Morgan fingerprint density at radius 2 is 2.05 bits per heavy atom. The molecule has 4 heterocycles. The fourth-order valence-corrected chi connectivity index (χ4v) is 3.72. The van der Waals surface area contributed by atoms with Crippen LogP contribution in [0.15, 0.2) is 24.4 Å². The van der Waals surface area contributed by atoms with Crippen molar-refractivity contribution in [2.24, 2.45) is 0 Å². The number of fused-ring (bicyclic) bond motifs is 3. The minimum absolute atomic E-state index is 0.395. The van der Waals surface area contributed by atoms with Crippen LogP contribution in [0.1, 0.15) is 18.5 Å². The summed E-state index contributed by atoms with van der Waals surface area (Å²) in [4.78, 5) is 7.21. The summed E-state index contributed by atoms with van der Waals surface area (Å²) in [6, 6.07) is 6.14. The first-order valence-corrected chi connectivity index (χ1v) is 7.89. The molecule has 0 aliphatic carbocycles. The SMILES string of the molecule is BrCc1c(N2CC3CCC(C2)O3)nc2ccccn12. The number of nitrogens with zero attached hydrogens (tertiary/aromatic N) is 3. The molecule has 2 fully saturated rings. The van der Waals surface area contributed by atoms with Crippen LogP contribution in [0.4, 0.5) is 5.82 Å². The topological polar surface area (TPSA) is 29.8 Å². The molecular formula is C14H16BrN3O. The van der Waals surface area contributed by atoms with Crippen molar-refractivity contribution in [3.63, 3.8) is 0 Å². The molecule has 2 aliphatic heterocycles. The van der Waals surface area contributed by atoms with Crippen molar-refractivity contribution < 1.29 is 4.74 Å². The molecule has 2 saturated heterocycles. The molecule has 0 N–H and O–H groups in total. The van der Waals surface area contributed by atoms with E-state index >= 15 is 0 Å². The van der Waals surface area contributed by atoms with E-state index in [1.807, 2.05) is 12.1 Å². The first kappa shape index (κ1) is 11.7. The number of ether oxygens (including phenoxy) is 1. The van der Waals surface area contributed by atoms with Gasteiger partial charge in [0.25, 0.3) is 0 Å². The van der Waals surface area contributed by atoms with Crippen LogP contribution in [0.2, 0.25) is 0 Å². The first-order chi connectivity index (χ1) is 9.35. The zero-order chi connectivity index (χ0) is 12.8. The van der Waals surface area contributed by atoms with Crippen LogP contribution >= 0.6 is 15.9 Å². The molecule has 2 aliphatic rings. The number of aromatic nitrogens is 2. The smallest absolute Gasteiger partial charge is 0.152 e. The minimum Gasteiger partial charge on any atom is -0.371 e. The molecule has 0 amide bonds. The largest absolute Gasteiger partial charge is 0.371 e. The Morgan fingerprint density at radius 1 is 1.26 bits per heavy atom. The fourth-order valence-electron chi connectivity index (χ4n) is 3.20. The van der Waals surface area contributed by atoms with Gasteiger partial charge in [0, 0.05) is 24.6 Å². The Labute approximate surface area is 120 Å². The summed E-state index contributed by atoms with van der Waals surface area (Å²) >= 11 is 3.60. The molecule has 0 aromatic carbocycles. The highest BCUT2D eigenvalue weighted by Crippen LogP contribution is 2.32. The molecule has 2 aromatic rings. The zero-order valence-electron chi connectivity index (χ0n) is 10.6. The molecule has 4 nitrogen and oxygen atoms in total. The van der Waals surface area contributed by atoms with Gasteiger partial charge in [-0.1, -0.05) is 22.0 Å². The third kappa shape index (κ3) is 1.87. The number of rotatable bonds is 2. The maximum atomic E-state index is 5.91. The lowest BCUT2D eigenvalue weighted by Crippen LogP contribution is -2.43. The number of hydrogen-bond donors (Lipinski definition) is 0. The number of pyridine rings is 1. The summed E-state index contributed by atoms with van der Waals surface area (Å²) in [6.07, 6.45) is 5.26. The van der Waals surface area contributed by atoms with E-state index in [2.05, 4.69) is 37.5 Å². The van der Waals surface area contributed by atoms with Gasteiger partial charge >= 0.3 is 0 Å². The Balaban J connectivity index is 1.78. The molecule has 2 atom stereocenters. The molecule has 5 heteroatoms. The molecule has 2 bridgehead atoms. The van der Waals surface area contributed by atoms with Crippen LogP contribution in [0.3, 0.4) is 0 Å². The highest BCUT2D eigenvalue weighted by Gasteiger charge is 2.35. The Kier molecular flexibility index (Phi) is 2.77. The molecular weight excluding hydrogens is 306 g/mol. The summed E-state index contributed by atoms with van der Waals surface area (Å²) in [5.41, 5.74) is 2.25. The average molecular weight is 322 g/mol. The van der Waals surface area contributed by atoms with Gasteiger partial charge in [-0.2, -0.15) is 0 Å². The number of alkyl halides is 1. The van der Waals surface area contributed by atoms with Crippen LogP contribution in [0.25, 0.3) is 5.65 Å². The van der Waals surface area contributed by atoms with Crippen molar-refractivity contribution >= 4 is 27.4 Å². The van der Waals surface area contributed by atoms with Gasteiger partial charge in [-0.25, -0.2) is 4.98 Å². The van der Waals surface area contributed by atoms with Crippen molar-refractivity contribution in [1.29, 1.82) is 0 Å². The number of anilines is 1. The summed E-state index contributed by atoms with van der Waals surface area (Å²) in [6.45, 7) is 1.95. The summed E-state index contributed by atoms with van der Waals surface area (Å²) < 4.78 is 8.08. The van der Waals surface area contributed by atoms with Crippen LogP contribution < -0.4 is 4.90 Å². The molecule has 4 rings (SSSR count). The summed E-state index contributed by atoms with van der Waals surface area (Å²) in [7, 11) is 0. The van der Waals surface area contributed by atoms with E-state index < -0.39 is 0 Å². The first-order valence-electron chi connectivity index (χ1n) is 6.77. The van der Waals surface area contributed by atoms with Gasteiger partial charge < -0.3 is 14.0 Å². The number of halogens is 1. The Hall–Kier alpha value is -1.07. The van der Waals surface area contributed by atoms with E-state index in [1.54, 1.807) is 0 Å². The van der Waals surface area contributed by atoms with E-state index in [-0.39, 0.29) is 0 Å². The van der Waals surface area contributed by atoms with Crippen LogP contribution in [-0.4, -0.2) is 34.7 Å². The van der Waals surface area contributed by atoms with Crippen molar-refractivity contribution in [1.82, 2.24) is 9.38 Å². The van der Waals surface area contributed by atoms with Crippen molar-refractivity contribution in [3.05, 3.63) is 30.1 Å². The third-order valence-corrected chi connectivity index (χ3v) is 4.61. The standard InChI is InChI=1S/C14H16BrN3O/c15-7-12-14(16-13-3-1-2-6-18(12)13)17-8-10-4-5-11(9-17)19-10/h1-3,6,10-11H,4-5,7-9H2. The van der Waals surface area contributed by atoms with Crippen LogP contribution in [0.5, 0.6) is 0 Å². The lowest BCUT2D eigenvalue weighted by molar-refractivity contribution is 0.0302. The molecule has 2 aromatic heterocycles. The minimum atomic E-state index is 0.395. The Bertz CT molecular complexity index is 600. The van der Waals surface area contributed by atoms with Gasteiger partial charge in [-0.15, -0.1) is 0 Å². The highest BCUT2D eigenvalue weighted by atomic mass is 79.9. The van der Waals surface area contributed by atoms with Gasteiger partial charge in [0.2, 0.25) is 0 Å². The van der Waals surface area contributed by atoms with Gasteiger partial charge in [-0.05, 0) is 25.0 Å². The second-order valence-corrected chi connectivity index (χ2v) is 5.87.